The van der Waals surface area contributed by atoms with E-state index in [0.717, 1.165) is 4.47 Å². The number of ether oxygens (including phenoxy) is 3. The van der Waals surface area contributed by atoms with E-state index in [-0.39, 0.29) is 18.6 Å². The smallest absolute Gasteiger partial charge is 0.262 e. The summed E-state index contributed by atoms with van der Waals surface area (Å²) in [6.07, 6.45) is 1.50. The second-order valence-corrected chi connectivity index (χ2v) is 8.03. The van der Waals surface area contributed by atoms with Crippen LogP contribution in [-0.2, 0) is 4.79 Å². The minimum atomic E-state index is -0.774. The molecule has 2 N–H and O–H groups in total. The van der Waals surface area contributed by atoms with Crippen molar-refractivity contribution in [1.29, 1.82) is 0 Å². The molecule has 0 saturated heterocycles. The second-order valence-electron chi connectivity index (χ2n) is 7.11. The van der Waals surface area contributed by atoms with Crippen LogP contribution in [0.3, 0.4) is 0 Å². The first-order valence-electron chi connectivity index (χ1n) is 9.84. The van der Waals surface area contributed by atoms with Crippen LogP contribution in [0.15, 0.2) is 46.0 Å². The number of benzene rings is 2. The maximum atomic E-state index is 12.7. The van der Waals surface area contributed by atoms with E-state index in [1.807, 2.05) is 39.0 Å². The average molecular weight is 490 g/mol. The molecule has 0 saturated carbocycles. The normalized spacial score (nSPS) is 13.3. The second kappa shape index (κ2) is 10.3. The first-order valence-corrected chi connectivity index (χ1v) is 10.6. The molecule has 1 aliphatic rings. The number of halogens is 1. The highest BCUT2D eigenvalue weighted by molar-refractivity contribution is 9.10. The Balaban J connectivity index is 1.66. The number of amides is 2. The number of nitrogens with one attached hydrogen (secondary N) is 2. The zero-order valence-electron chi connectivity index (χ0n) is 17.5. The van der Waals surface area contributed by atoms with Gasteiger partial charge in [0.2, 0.25) is 6.79 Å². The molecule has 2 aromatic rings. The van der Waals surface area contributed by atoms with E-state index in [2.05, 4.69) is 31.8 Å². The SMILES string of the molecule is CCOc1ccc(Br)cc1/C=N/NC(=O)C(NC(=O)c1ccc2c(c1)OCO2)C(C)C. The third kappa shape index (κ3) is 5.75. The minimum absolute atomic E-state index is 0.123. The van der Waals surface area contributed by atoms with Crippen LogP contribution in [0.25, 0.3) is 0 Å². The van der Waals surface area contributed by atoms with Gasteiger partial charge in [-0.1, -0.05) is 29.8 Å². The molecule has 3 rings (SSSR count). The van der Waals surface area contributed by atoms with Gasteiger partial charge in [0, 0.05) is 15.6 Å². The van der Waals surface area contributed by atoms with Gasteiger partial charge in [-0.2, -0.15) is 5.10 Å². The number of carbonyl (C=O) groups is 2. The third-order valence-electron chi connectivity index (χ3n) is 4.52. The van der Waals surface area contributed by atoms with Crippen LogP contribution >= 0.6 is 15.9 Å². The fourth-order valence-electron chi connectivity index (χ4n) is 2.94. The number of carbonyl (C=O) groups excluding carboxylic acids is 2. The molecule has 2 amide bonds. The summed E-state index contributed by atoms with van der Waals surface area (Å²) in [6.45, 7) is 6.21. The summed E-state index contributed by atoms with van der Waals surface area (Å²) in [5, 5.41) is 6.80. The Morgan fingerprint density at radius 3 is 2.71 bits per heavy atom. The predicted octanol–water partition coefficient (Wildman–Crippen LogP) is 3.48. The topological polar surface area (TPSA) is 98.2 Å². The van der Waals surface area contributed by atoms with Crippen LogP contribution in [0.5, 0.6) is 17.2 Å². The molecule has 1 unspecified atom stereocenters. The molecule has 1 atom stereocenters. The van der Waals surface area contributed by atoms with E-state index in [1.165, 1.54) is 6.21 Å². The van der Waals surface area contributed by atoms with Gasteiger partial charge in [0.15, 0.2) is 11.5 Å². The molecular formula is C22H24BrN3O5. The Morgan fingerprint density at radius 2 is 1.97 bits per heavy atom. The van der Waals surface area contributed by atoms with Gasteiger partial charge in [0.25, 0.3) is 11.8 Å². The monoisotopic (exact) mass is 489 g/mol. The largest absolute Gasteiger partial charge is 0.493 e. The molecule has 164 valence electrons. The van der Waals surface area contributed by atoms with Crippen molar-refractivity contribution in [3.05, 3.63) is 52.0 Å². The van der Waals surface area contributed by atoms with E-state index in [4.69, 9.17) is 14.2 Å². The zero-order valence-corrected chi connectivity index (χ0v) is 19.1. The van der Waals surface area contributed by atoms with Gasteiger partial charge in [0.1, 0.15) is 11.8 Å². The number of nitrogens with zero attached hydrogens (tertiary/aromatic N) is 1. The minimum Gasteiger partial charge on any atom is -0.493 e. The molecule has 0 fully saturated rings. The molecule has 2 aromatic carbocycles. The van der Waals surface area contributed by atoms with E-state index >= 15 is 0 Å². The predicted molar refractivity (Wildman–Crippen MR) is 120 cm³/mol. The molecule has 8 nitrogen and oxygen atoms in total. The Labute approximate surface area is 189 Å². The van der Waals surface area contributed by atoms with Gasteiger partial charge in [-0.15, -0.1) is 0 Å². The lowest BCUT2D eigenvalue weighted by Crippen LogP contribution is -2.48. The number of fused-ring (bicyclic) bond motifs is 1. The van der Waals surface area contributed by atoms with Crippen molar-refractivity contribution >= 4 is 34.0 Å². The van der Waals surface area contributed by atoms with Crippen LogP contribution < -0.4 is 25.0 Å². The Hall–Kier alpha value is -3.07. The summed E-state index contributed by atoms with van der Waals surface area (Å²) in [4.78, 5) is 25.3. The molecule has 0 bridgehead atoms. The quantitative estimate of drug-likeness (QED) is 0.436. The lowest BCUT2D eigenvalue weighted by molar-refractivity contribution is -0.123. The molecule has 1 heterocycles. The van der Waals surface area contributed by atoms with Gasteiger partial charge >= 0.3 is 0 Å². The van der Waals surface area contributed by atoms with E-state index in [1.54, 1.807) is 18.2 Å². The van der Waals surface area contributed by atoms with Gasteiger partial charge in [-0.05, 0) is 49.2 Å². The lowest BCUT2D eigenvalue weighted by Gasteiger charge is -2.20. The maximum absolute atomic E-state index is 12.7. The third-order valence-corrected chi connectivity index (χ3v) is 5.01. The first kappa shape index (κ1) is 22.6. The molecule has 1 aliphatic heterocycles. The van der Waals surface area contributed by atoms with Crippen LogP contribution in [0.2, 0.25) is 0 Å². The van der Waals surface area contributed by atoms with Crippen LogP contribution in [0.1, 0.15) is 36.7 Å². The van der Waals surface area contributed by atoms with Crippen molar-refractivity contribution in [3.63, 3.8) is 0 Å². The highest BCUT2D eigenvalue weighted by Gasteiger charge is 2.25. The number of rotatable bonds is 8. The Kier molecular flexibility index (Phi) is 7.51. The molecule has 9 heteroatoms. The van der Waals surface area contributed by atoms with Crippen molar-refractivity contribution in [3.8, 4) is 17.2 Å². The van der Waals surface area contributed by atoms with Crippen molar-refractivity contribution in [2.45, 2.75) is 26.8 Å². The van der Waals surface area contributed by atoms with Crippen molar-refractivity contribution in [1.82, 2.24) is 10.7 Å². The molecule has 0 aliphatic carbocycles. The number of hydrazone groups is 1. The summed E-state index contributed by atoms with van der Waals surface area (Å²) >= 11 is 3.41. The number of hydrogen-bond donors (Lipinski definition) is 2. The zero-order chi connectivity index (χ0) is 22.4. The lowest BCUT2D eigenvalue weighted by atomic mass is 10.0. The maximum Gasteiger partial charge on any atom is 0.262 e. The van der Waals surface area contributed by atoms with Gasteiger partial charge in [0.05, 0.1) is 12.8 Å². The number of hydrogen-bond acceptors (Lipinski definition) is 6. The van der Waals surface area contributed by atoms with Crippen LogP contribution in [0.4, 0.5) is 0 Å². The molecule has 0 spiro atoms. The highest BCUT2D eigenvalue weighted by atomic mass is 79.9. The molecule has 0 radical (unpaired) electrons. The van der Waals surface area contributed by atoms with E-state index < -0.39 is 11.9 Å². The van der Waals surface area contributed by atoms with Gasteiger partial charge in [-0.25, -0.2) is 5.43 Å². The van der Waals surface area contributed by atoms with Gasteiger partial charge in [-0.3, -0.25) is 9.59 Å². The van der Waals surface area contributed by atoms with Crippen molar-refractivity contribution in [2.75, 3.05) is 13.4 Å². The fourth-order valence-corrected chi connectivity index (χ4v) is 3.32. The average Bonchev–Trinajstić information content (AvgIpc) is 3.21. The highest BCUT2D eigenvalue weighted by Crippen LogP contribution is 2.32. The van der Waals surface area contributed by atoms with Crippen molar-refractivity contribution in [2.24, 2.45) is 11.0 Å². The van der Waals surface area contributed by atoms with E-state index in [0.29, 0.717) is 35.0 Å². The summed E-state index contributed by atoms with van der Waals surface area (Å²) in [7, 11) is 0. The van der Waals surface area contributed by atoms with Crippen LogP contribution in [-0.4, -0.2) is 37.5 Å². The Bertz CT molecular complexity index is 993. The summed E-state index contributed by atoms with van der Waals surface area (Å²) in [6, 6.07) is 9.62. The molecule has 0 aromatic heterocycles. The summed E-state index contributed by atoms with van der Waals surface area (Å²) in [5.41, 5.74) is 3.59. The van der Waals surface area contributed by atoms with Crippen molar-refractivity contribution < 1.29 is 23.8 Å². The molecule has 31 heavy (non-hydrogen) atoms. The first-order chi connectivity index (χ1) is 14.9. The van der Waals surface area contributed by atoms with Crippen LogP contribution in [0, 0.1) is 5.92 Å². The Morgan fingerprint density at radius 1 is 1.19 bits per heavy atom. The summed E-state index contributed by atoms with van der Waals surface area (Å²) in [5.74, 6) is 0.776. The molecular weight excluding hydrogens is 466 g/mol. The van der Waals surface area contributed by atoms with Gasteiger partial charge < -0.3 is 19.5 Å². The standard InChI is InChI=1S/C22H24BrN3O5/c1-4-29-17-8-6-16(23)9-15(17)11-24-26-22(28)20(13(2)3)25-21(27)14-5-7-18-19(10-14)31-12-30-18/h5-11,13,20H,4,12H2,1-3H3,(H,25,27)(H,26,28)/b24-11+. The summed E-state index contributed by atoms with van der Waals surface area (Å²) < 4.78 is 17.0. The fraction of sp³-hybridized carbons (Fsp3) is 0.318. The van der Waals surface area contributed by atoms with E-state index in [9.17, 15) is 9.59 Å².